The Labute approximate surface area is 142 Å². The third kappa shape index (κ3) is 3.70. The smallest absolute Gasteiger partial charge is 0.248 e. The van der Waals surface area contributed by atoms with E-state index in [1.807, 2.05) is 6.07 Å². The molecule has 0 spiro atoms. The average molecular weight is 330 g/mol. The second-order valence-corrected chi connectivity index (χ2v) is 6.90. The molecule has 0 bridgehead atoms. The highest BCUT2D eigenvalue weighted by Gasteiger charge is 2.26. The number of carbonyl (C=O) groups is 2. The molecular formula is C18H26N4O2. The molecule has 24 heavy (non-hydrogen) atoms. The topological polar surface area (TPSA) is 101 Å². The predicted molar refractivity (Wildman–Crippen MR) is 95.0 cm³/mol. The van der Waals surface area contributed by atoms with Crippen molar-refractivity contribution in [2.24, 2.45) is 17.4 Å². The predicted octanol–water partition coefficient (Wildman–Crippen LogP) is 1.84. The fraction of sp³-hybridized carbons (Fsp3) is 0.556. The standard InChI is InChI=1S/C18H26N4O2/c19-14-5-3-4-12(14)11-17(23)21-15-10-13(18(20)24)6-7-16(15)22-8-1-2-9-22/h6-7,10,12,14H,1-5,8-9,11,19H2,(H2,20,24)(H,21,23)/t12-,14+/m0/s1. The number of benzene rings is 1. The van der Waals surface area contributed by atoms with Gasteiger partial charge in [0.25, 0.3) is 0 Å². The number of hydrogen-bond donors (Lipinski definition) is 3. The molecule has 0 aromatic heterocycles. The van der Waals surface area contributed by atoms with Crippen molar-refractivity contribution in [3.8, 4) is 0 Å². The van der Waals surface area contributed by atoms with Gasteiger partial charge in [-0.25, -0.2) is 0 Å². The van der Waals surface area contributed by atoms with Crippen molar-refractivity contribution in [3.63, 3.8) is 0 Å². The Hall–Kier alpha value is -2.08. The Bertz CT molecular complexity index is 625. The summed E-state index contributed by atoms with van der Waals surface area (Å²) >= 11 is 0. The number of carbonyl (C=O) groups excluding carboxylic acids is 2. The minimum Gasteiger partial charge on any atom is -0.370 e. The van der Waals surface area contributed by atoms with Crippen molar-refractivity contribution >= 4 is 23.2 Å². The molecule has 1 saturated heterocycles. The molecule has 1 aliphatic heterocycles. The minimum atomic E-state index is -0.490. The Morgan fingerprint density at radius 1 is 1.17 bits per heavy atom. The van der Waals surface area contributed by atoms with E-state index < -0.39 is 5.91 Å². The molecular weight excluding hydrogens is 304 g/mol. The molecule has 0 radical (unpaired) electrons. The number of hydrogen-bond acceptors (Lipinski definition) is 4. The summed E-state index contributed by atoms with van der Waals surface area (Å²) in [5.41, 5.74) is 13.5. The molecule has 1 aromatic rings. The summed E-state index contributed by atoms with van der Waals surface area (Å²) in [7, 11) is 0. The zero-order valence-electron chi connectivity index (χ0n) is 14.0. The van der Waals surface area contributed by atoms with Crippen LogP contribution in [-0.4, -0.2) is 30.9 Å². The third-order valence-corrected chi connectivity index (χ3v) is 5.17. The zero-order valence-corrected chi connectivity index (χ0v) is 14.0. The summed E-state index contributed by atoms with van der Waals surface area (Å²) in [6.07, 6.45) is 5.81. The van der Waals surface area contributed by atoms with Crippen molar-refractivity contribution in [2.75, 3.05) is 23.3 Å². The van der Waals surface area contributed by atoms with Crippen molar-refractivity contribution in [1.29, 1.82) is 0 Å². The van der Waals surface area contributed by atoms with Gasteiger partial charge in [-0.15, -0.1) is 0 Å². The van der Waals surface area contributed by atoms with Gasteiger partial charge in [0.05, 0.1) is 11.4 Å². The molecule has 1 saturated carbocycles. The maximum Gasteiger partial charge on any atom is 0.248 e. The maximum atomic E-state index is 12.5. The van der Waals surface area contributed by atoms with E-state index in [1.165, 1.54) is 0 Å². The largest absolute Gasteiger partial charge is 0.370 e. The number of rotatable bonds is 5. The van der Waals surface area contributed by atoms with Crippen LogP contribution in [0, 0.1) is 5.92 Å². The molecule has 1 heterocycles. The van der Waals surface area contributed by atoms with Crippen LogP contribution in [0.15, 0.2) is 18.2 Å². The van der Waals surface area contributed by atoms with Crippen molar-refractivity contribution in [1.82, 2.24) is 0 Å². The number of nitrogens with two attached hydrogens (primary N) is 2. The van der Waals surface area contributed by atoms with E-state index >= 15 is 0 Å². The fourth-order valence-electron chi connectivity index (χ4n) is 3.78. The summed E-state index contributed by atoms with van der Waals surface area (Å²) in [5, 5.41) is 2.99. The minimum absolute atomic E-state index is 0.0422. The van der Waals surface area contributed by atoms with Gasteiger partial charge in [0.2, 0.25) is 11.8 Å². The van der Waals surface area contributed by atoms with Gasteiger partial charge in [-0.2, -0.15) is 0 Å². The van der Waals surface area contributed by atoms with E-state index in [1.54, 1.807) is 12.1 Å². The lowest BCUT2D eigenvalue weighted by molar-refractivity contribution is -0.117. The molecule has 6 heteroatoms. The normalized spacial score (nSPS) is 23.5. The van der Waals surface area contributed by atoms with E-state index in [-0.39, 0.29) is 17.9 Å². The second kappa shape index (κ2) is 7.21. The van der Waals surface area contributed by atoms with Gasteiger partial charge in [0.15, 0.2) is 0 Å². The second-order valence-electron chi connectivity index (χ2n) is 6.90. The van der Waals surface area contributed by atoms with E-state index in [0.717, 1.165) is 50.9 Å². The molecule has 3 rings (SSSR count). The molecule has 2 amide bonds. The molecule has 5 N–H and O–H groups in total. The van der Waals surface area contributed by atoms with Crippen molar-refractivity contribution < 1.29 is 9.59 Å². The van der Waals surface area contributed by atoms with Crippen LogP contribution in [0.1, 0.15) is 48.9 Å². The van der Waals surface area contributed by atoms with E-state index in [0.29, 0.717) is 17.7 Å². The molecule has 130 valence electrons. The highest BCUT2D eigenvalue weighted by molar-refractivity contribution is 5.99. The summed E-state index contributed by atoms with van der Waals surface area (Å²) < 4.78 is 0. The molecule has 1 aliphatic carbocycles. The molecule has 2 aliphatic rings. The lowest BCUT2D eigenvalue weighted by Crippen LogP contribution is -2.29. The molecule has 2 atom stereocenters. The Morgan fingerprint density at radius 2 is 1.92 bits per heavy atom. The monoisotopic (exact) mass is 330 g/mol. The lowest BCUT2D eigenvalue weighted by Gasteiger charge is -2.23. The number of nitrogens with zero attached hydrogens (tertiary/aromatic N) is 1. The van der Waals surface area contributed by atoms with Gasteiger partial charge in [-0.3, -0.25) is 9.59 Å². The van der Waals surface area contributed by atoms with E-state index in [4.69, 9.17) is 11.5 Å². The van der Waals surface area contributed by atoms with Crippen LogP contribution < -0.4 is 21.7 Å². The number of anilines is 2. The Kier molecular flexibility index (Phi) is 5.04. The maximum absolute atomic E-state index is 12.5. The van der Waals surface area contributed by atoms with Crippen LogP contribution in [0.25, 0.3) is 0 Å². The van der Waals surface area contributed by atoms with Gasteiger partial charge in [0, 0.05) is 31.1 Å². The highest BCUT2D eigenvalue weighted by Crippen LogP contribution is 2.31. The SMILES string of the molecule is NC(=O)c1ccc(N2CCCC2)c(NC(=O)C[C@@H]2CCC[C@H]2N)c1. The van der Waals surface area contributed by atoms with Gasteiger partial charge in [0.1, 0.15) is 0 Å². The summed E-state index contributed by atoms with van der Waals surface area (Å²) in [4.78, 5) is 26.2. The first kappa shape index (κ1) is 16.8. The van der Waals surface area contributed by atoms with Gasteiger partial charge >= 0.3 is 0 Å². The third-order valence-electron chi connectivity index (χ3n) is 5.17. The van der Waals surface area contributed by atoms with Gasteiger partial charge in [-0.05, 0) is 49.8 Å². The van der Waals surface area contributed by atoms with Gasteiger partial charge in [-0.1, -0.05) is 6.42 Å². The van der Waals surface area contributed by atoms with Crippen LogP contribution in [0.3, 0.4) is 0 Å². The van der Waals surface area contributed by atoms with Crippen LogP contribution >= 0.6 is 0 Å². The van der Waals surface area contributed by atoms with Crippen LogP contribution in [0.5, 0.6) is 0 Å². The Balaban J connectivity index is 1.77. The molecule has 6 nitrogen and oxygen atoms in total. The van der Waals surface area contributed by atoms with Crippen molar-refractivity contribution in [3.05, 3.63) is 23.8 Å². The first-order chi connectivity index (χ1) is 11.5. The van der Waals surface area contributed by atoms with E-state index in [2.05, 4.69) is 10.2 Å². The Morgan fingerprint density at radius 3 is 2.54 bits per heavy atom. The molecule has 0 unspecified atom stereocenters. The zero-order chi connectivity index (χ0) is 17.1. The van der Waals surface area contributed by atoms with Crippen LogP contribution in [0.2, 0.25) is 0 Å². The number of nitrogens with one attached hydrogen (secondary N) is 1. The van der Waals surface area contributed by atoms with Crippen LogP contribution in [-0.2, 0) is 4.79 Å². The lowest BCUT2D eigenvalue weighted by atomic mass is 10.00. The van der Waals surface area contributed by atoms with E-state index in [9.17, 15) is 9.59 Å². The molecule has 1 aromatic carbocycles. The fourth-order valence-corrected chi connectivity index (χ4v) is 3.78. The molecule has 2 fully saturated rings. The first-order valence-corrected chi connectivity index (χ1v) is 8.79. The highest BCUT2D eigenvalue weighted by atomic mass is 16.2. The summed E-state index contributed by atoms with van der Waals surface area (Å²) in [6.45, 7) is 1.93. The number of primary amides is 1. The average Bonchev–Trinajstić information content (AvgIpc) is 3.20. The summed E-state index contributed by atoms with van der Waals surface area (Å²) in [6, 6.07) is 5.40. The quantitative estimate of drug-likeness (QED) is 0.766. The first-order valence-electron chi connectivity index (χ1n) is 8.79. The van der Waals surface area contributed by atoms with Crippen molar-refractivity contribution in [2.45, 2.75) is 44.6 Å². The number of amides is 2. The van der Waals surface area contributed by atoms with Crippen LogP contribution in [0.4, 0.5) is 11.4 Å². The summed E-state index contributed by atoms with van der Waals surface area (Å²) in [5.74, 6) is -0.282. The van der Waals surface area contributed by atoms with Gasteiger partial charge < -0.3 is 21.7 Å².